The highest BCUT2D eigenvalue weighted by Gasteiger charge is 2.54. The average molecular weight is 416 g/mol. The maximum atomic E-state index is 13.4. The molecule has 4 aliphatic rings. The Kier molecular flexibility index (Phi) is 6.19. The number of rotatable bonds is 9. The molecule has 0 unspecified atom stereocenters. The first-order valence-corrected chi connectivity index (χ1v) is 11.5. The second-order valence-corrected chi connectivity index (χ2v) is 9.45. The molecule has 2 bridgehead atoms. The second kappa shape index (κ2) is 8.70. The van der Waals surface area contributed by atoms with Crippen LogP contribution in [-0.2, 0) is 10.2 Å². The van der Waals surface area contributed by atoms with Crippen molar-refractivity contribution >= 4 is 5.91 Å². The fraction of sp³-hybridized carbons (Fsp3) is 0.640. The molecule has 0 radical (unpaired) electrons. The lowest BCUT2D eigenvalue weighted by Crippen LogP contribution is -2.53. The fourth-order valence-corrected chi connectivity index (χ4v) is 5.48. The van der Waals surface area contributed by atoms with Crippen LogP contribution in [0, 0.1) is 5.41 Å². The van der Waals surface area contributed by atoms with Gasteiger partial charge >= 0.3 is 0 Å². The van der Waals surface area contributed by atoms with E-state index < -0.39 is 0 Å². The highest BCUT2D eigenvalue weighted by Crippen LogP contribution is 2.58. The monoisotopic (exact) mass is 415 g/mol. The molecule has 0 aromatic heterocycles. The van der Waals surface area contributed by atoms with Gasteiger partial charge in [0.15, 0.2) is 0 Å². The standard InChI is InChI=1S/C25H34FNO3/c1-2-19(17-26)18-30-22-7-3-20(4-8-22)24-9-12-25(13-10-24,14-11-24)23(29)27(15-16-28)21-5-6-21/h3-4,7-8,17,21,28H,2,5-6,9-16,18H2,1H3/b19-17+. The molecule has 0 atom stereocenters. The van der Waals surface area contributed by atoms with Crippen molar-refractivity contribution in [1.29, 1.82) is 0 Å². The molecule has 0 heterocycles. The van der Waals surface area contributed by atoms with Crippen molar-refractivity contribution in [2.24, 2.45) is 5.41 Å². The summed E-state index contributed by atoms with van der Waals surface area (Å²) in [7, 11) is 0. The van der Waals surface area contributed by atoms with Gasteiger partial charge in [0.05, 0.1) is 12.9 Å². The van der Waals surface area contributed by atoms with E-state index in [0.29, 0.717) is 36.8 Å². The maximum Gasteiger partial charge on any atom is 0.229 e. The van der Waals surface area contributed by atoms with E-state index >= 15 is 0 Å². The van der Waals surface area contributed by atoms with Crippen LogP contribution in [0.4, 0.5) is 4.39 Å². The predicted molar refractivity (Wildman–Crippen MR) is 115 cm³/mol. The van der Waals surface area contributed by atoms with Crippen LogP contribution in [0.25, 0.3) is 0 Å². The number of halogens is 1. The van der Waals surface area contributed by atoms with Gasteiger partial charge in [-0.1, -0.05) is 19.1 Å². The Morgan fingerprint density at radius 1 is 1.17 bits per heavy atom. The first-order valence-electron chi connectivity index (χ1n) is 11.5. The third-order valence-electron chi connectivity index (χ3n) is 7.79. The Bertz CT molecular complexity index is 760. The molecule has 4 fully saturated rings. The fourth-order valence-electron chi connectivity index (χ4n) is 5.48. The zero-order chi connectivity index (χ0) is 21.2. The van der Waals surface area contributed by atoms with Gasteiger partial charge in [-0.05, 0) is 86.5 Å². The Hall–Kier alpha value is -1.88. The molecule has 4 nitrogen and oxygen atoms in total. The van der Waals surface area contributed by atoms with Crippen molar-refractivity contribution in [3.63, 3.8) is 0 Å². The summed E-state index contributed by atoms with van der Waals surface area (Å²) in [4.78, 5) is 15.3. The molecule has 1 aromatic carbocycles. The van der Waals surface area contributed by atoms with Crippen LogP contribution in [0.15, 0.2) is 36.2 Å². The number of carbonyl (C=O) groups is 1. The lowest BCUT2D eigenvalue weighted by atomic mass is 9.51. The van der Waals surface area contributed by atoms with Crippen molar-refractivity contribution in [2.45, 2.75) is 76.2 Å². The van der Waals surface area contributed by atoms with Crippen molar-refractivity contribution in [2.75, 3.05) is 19.8 Å². The number of benzene rings is 1. The summed E-state index contributed by atoms with van der Waals surface area (Å²) < 4.78 is 18.4. The Morgan fingerprint density at radius 3 is 2.30 bits per heavy atom. The van der Waals surface area contributed by atoms with E-state index in [4.69, 9.17) is 4.74 Å². The third kappa shape index (κ3) is 4.01. The first kappa shape index (κ1) is 21.4. The largest absolute Gasteiger partial charge is 0.489 e. The summed E-state index contributed by atoms with van der Waals surface area (Å²) in [6.07, 6.45) is 9.41. The van der Waals surface area contributed by atoms with E-state index in [0.717, 1.165) is 57.1 Å². The van der Waals surface area contributed by atoms with E-state index in [1.54, 1.807) is 0 Å². The van der Waals surface area contributed by atoms with Gasteiger partial charge in [0.1, 0.15) is 12.4 Å². The van der Waals surface area contributed by atoms with Gasteiger partial charge in [0, 0.05) is 18.0 Å². The van der Waals surface area contributed by atoms with Crippen molar-refractivity contribution < 1.29 is 19.0 Å². The highest BCUT2D eigenvalue weighted by atomic mass is 19.1. The first-order chi connectivity index (χ1) is 14.6. The quantitative estimate of drug-likeness (QED) is 0.624. The molecular formula is C25H34FNO3. The second-order valence-electron chi connectivity index (χ2n) is 9.45. The van der Waals surface area contributed by atoms with E-state index in [2.05, 4.69) is 12.1 Å². The van der Waals surface area contributed by atoms with Crippen LogP contribution in [0.1, 0.15) is 70.3 Å². The normalized spacial score (nSPS) is 28.4. The SMILES string of the molecule is CC/C(=C\F)COc1ccc(C23CCC(C(=O)N(CCO)C4CC4)(CC2)CC3)cc1. The molecule has 5 heteroatoms. The van der Waals surface area contributed by atoms with Crippen LogP contribution in [-0.4, -0.2) is 41.7 Å². The number of amides is 1. The highest BCUT2D eigenvalue weighted by molar-refractivity contribution is 5.84. The molecule has 0 aliphatic heterocycles. The summed E-state index contributed by atoms with van der Waals surface area (Å²) in [6, 6.07) is 8.66. The van der Waals surface area contributed by atoms with Gasteiger partial charge in [-0.2, -0.15) is 0 Å². The number of aliphatic hydroxyl groups is 1. The maximum absolute atomic E-state index is 13.4. The van der Waals surface area contributed by atoms with E-state index in [1.165, 1.54) is 5.56 Å². The molecule has 164 valence electrons. The van der Waals surface area contributed by atoms with Crippen LogP contribution in [0.5, 0.6) is 5.75 Å². The van der Waals surface area contributed by atoms with Gasteiger partial charge < -0.3 is 14.7 Å². The van der Waals surface area contributed by atoms with Crippen molar-refractivity contribution in [1.82, 2.24) is 4.90 Å². The number of fused-ring (bicyclic) bond motifs is 3. The van der Waals surface area contributed by atoms with E-state index in [9.17, 15) is 14.3 Å². The van der Waals surface area contributed by atoms with Crippen LogP contribution in [0.3, 0.4) is 0 Å². The molecule has 4 saturated carbocycles. The van der Waals surface area contributed by atoms with Crippen molar-refractivity contribution in [3.8, 4) is 5.75 Å². The minimum absolute atomic E-state index is 0.0531. The van der Waals surface area contributed by atoms with Gasteiger partial charge in [-0.25, -0.2) is 4.39 Å². The summed E-state index contributed by atoms with van der Waals surface area (Å²) in [5.74, 6) is 1.06. The Balaban J connectivity index is 1.41. The zero-order valence-corrected chi connectivity index (χ0v) is 18.0. The molecule has 1 aromatic rings. The molecule has 0 saturated heterocycles. The van der Waals surface area contributed by atoms with Gasteiger partial charge in [-0.3, -0.25) is 4.79 Å². The lowest BCUT2D eigenvalue weighted by molar-refractivity contribution is -0.150. The lowest BCUT2D eigenvalue weighted by Gasteiger charge is -2.54. The topological polar surface area (TPSA) is 49.8 Å². The third-order valence-corrected chi connectivity index (χ3v) is 7.79. The van der Waals surface area contributed by atoms with Gasteiger partial charge in [-0.15, -0.1) is 0 Å². The Morgan fingerprint density at radius 2 is 1.80 bits per heavy atom. The molecule has 0 spiro atoms. The summed E-state index contributed by atoms with van der Waals surface area (Å²) >= 11 is 0. The van der Waals surface area contributed by atoms with Crippen LogP contribution >= 0.6 is 0 Å². The predicted octanol–water partition coefficient (Wildman–Crippen LogP) is 4.90. The minimum Gasteiger partial charge on any atom is -0.489 e. The number of nitrogens with zero attached hydrogens (tertiary/aromatic N) is 1. The summed E-state index contributed by atoms with van der Waals surface area (Å²) in [5.41, 5.74) is 1.94. The number of ether oxygens (including phenoxy) is 1. The Labute approximate surface area is 179 Å². The number of aliphatic hydroxyl groups excluding tert-OH is 1. The average Bonchev–Trinajstić information content (AvgIpc) is 3.64. The molecule has 30 heavy (non-hydrogen) atoms. The van der Waals surface area contributed by atoms with Crippen LogP contribution < -0.4 is 4.74 Å². The zero-order valence-electron chi connectivity index (χ0n) is 18.0. The molecule has 5 rings (SSSR count). The number of hydrogen-bond acceptors (Lipinski definition) is 3. The minimum atomic E-state index is -0.211. The smallest absolute Gasteiger partial charge is 0.229 e. The van der Waals surface area contributed by atoms with E-state index in [-0.39, 0.29) is 24.0 Å². The number of carbonyl (C=O) groups excluding carboxylic acids is 1. The summed E-state index contributed by atoms with van der Waals surface area (Å²) in [6.45, 7) is 2.74. The van der Waals surface area contributed by atoms with Gasteiger partial charge in [0.25, 0.3) is 0 Å². The molecule has 1 amide bonds. The van der Waals surface area contributed by atoms with Gasteiger partial charge in [0.2, 0.25) is 5.91 Å². The van der Waals surface area contributed by atoms with E-state index in [1.807, 2.05) is 24.0 Å². The number of hydrogen-bond donors (Lipinski definition) is 1. The van der Waals surface area contributed by atoms with Crippen LogP contribution in [0.2, 0.25) is 0 Å². The molecular weight excluding hydrogens is 381 g/mol. The van der Waals surface area contributed by atoms with Crippen molar-refractivity contribution in [3.05, 3.63) is 41.7 Å². The molecule has 1 N–H and O–H groups in total. The summed E-state index contributed by atoms with van der Waals surface area (Å²) in [5, 5.41) is 9.41. The molecule has 4 aliphatic carbocycles.